The molecule has 26 heavy (non-hydrogen) atoms. The number of methoxy groups -OCH3 is 2. The molecule has 0 bridgehead atoms. The average Bonchev–Trinajstić information content (AvgIpc) is 2.67. The third kappa shape index (κ3) is 4.40. The fourth-order valence-electron chi connectivity index (χ4n) is 2.23. The number of hydrogen-bond donors (Lipinski definition) is 1. The van der Waals surface area contributed by atoms with Crippen LogP contribution in [0.4, 0.5) is 5.69 Å². The quantitative estimate of drug-likeness (QED) is 0.474. The fourth-order valence-corrected chi connectivity index (χ4v) is 2.40. The van der Waals surface area contributed by atoms with Crippen molar-refractivity contribution in [3.05, 3.63) is 58.6 Å². The first-order valence-corrected chi connectivity index (χ1v) is 8.12. The van der Waals surface area contributed by atoms with E-state index in [-0.39, 0.29) is 22.1 Å². The van der Waals surface area contributed by atoms with Crippen molar-refractivity contribution in [1.29, 1.82) is 0 Å². The number of ether oxygens (including phenoxy) is 2. The van der Waals surface area contributed by atoms with E-state index in [2.05, 4.69) is 10.1 Å². The molecule has 0 aliphatic heterocycles. The molecule has 0 aliphatic carbocycles. The summed E-state index contributed by atoms with van der Waals surface area (Å²) in [4.78, 5) is 36.5. The van der Waals surface area contributed by atoms with Gasteiger partial charge in [-0.25, -0.2) is 4.79 Å². The summed E-state index contributed by atoms with van der Waals surface area (Å²) < 4.78 is 9.69. The van der Waals surface area contributed by atoms with Gasteiger partial charge in [0.1, 0.15) is 5.75 Å². The average molecular weight is 376 g/mol. The summed E-state index contributed by atoms with van der Waals surface area (Å²) in [6.07, 6.45) is 0. The van der Waals surface area contributed by atoms with E-state index in [1.54, 1.807) is 24.3 Å². The van der Waals surface area contributed by atoms with Crippen molar-refractivity contribution >= 4 is 34.9 Å². The Morgan fingerprint density at radius 2 is 1.62 bits per heavy atom. The monoisotopic (exact) mass is 375 g/mol. The van der Waals surface area contributed by atoms with Gasteiger partial charge in [-0.3, -0.25) is 9.59 Å². The van der Waals surface area contributed by atoms with Crippen molar-refractivity contribution in [2.45, 2.75) is 6.92 Å². The highest BCUT2D eigenvalue weighted by Gasteiger charge is 2.24. The van der Waals surface area contributed by atoms with Crippen LogP contribution in [0.1, 0.15) is 27.6 Å². The molecule has 0 heterocycles. The van der Waals surface area contributed by atoms with E-state index in [0.29, 0.717) is 11.3 Å². The Hall–Kier alpha value is -2.86. The number of ketones is 1. The van der Waals surface area contributed by atoms with Crippen molar-refractivity contribution in [1.82, 2.24) is 0 Å². The Balaban J connectivity index is 2.15. The predicted molar refractivity (Wildman–Crippen MR) is 97.9 cm³/mol. The van der Waals surface area contributed by atoms with Crippen LogP contribution in [-0.4, -0.2) is 31.9 Å². The van der Waals surface area contributed by atoms with Gasteiger partial charge >= 0.3 is 5.97 Å². The largest absolute Gasteiger partial charge is 0.497 e. The van der Waals surface area contributed by atoms with Crippen molar-refractivity contribution in [3.63, 3.8) is 0 Å². The lowest BCUT2D eigenvalue weighted by molar-refractivity contribution is -0.118. The molecule has 1 N–H and O–H groups in total. The van der Waals surface area contributed by atoms with Gasteiger partial charge in [-0.2, -0.15) is 0 Å². The molecule has 0 fully saturated rings. The molecule has 0 saturated carbocycles. The smallest absolute Gasteiger partial charge is 0.337 e. The van der Waals surface area contributed by atoms with E-state index in [9.17, 15) is 14.4 Å². The lowest BCUT2D eigenvalue weighted by atomic mass is 9.98. The van der Waals surface area contributed by atoms with Gasteiger partial charge in [-0.1, -0.05) is 11.6 Å². The van der Waals surface area contributed by atoms with Gasteiger partial charge in [0, 0.05) is 5.56 Å². The summed E-state index contributed by atoms with van der Waals surface area (Å²) >= 11 is 6.06. The van der Waals surface area contributed by atoms with Crippen LogP contribution in [0, 0.1) is 5.92 Å². The summed E-state index contributed by atoms with van der Waals surface area (Å²) in [7, 11) is 2.78. The minimum absolute atomic E-state index is 0.231. The number of halogens is 1. The summed E-state index contributed by atoms with van der Waals surface area (Å²) in [6, 6.07) is 10.8. The normalized spacial score (nSPS) is 11.4. The first-order chi connectivity index (χ1) is 12.4. The van der Waals surface area contributed by atoms with Crippen LogP contribution in [0.5, 0.6) is 5.75 Å². The molecule has 7 heteroatoms. The van der Waals surface area contributed by atoms with E-state index < -0.39 is 17.8 Å². The minimum Gasteiger partial charge on any atom is -0.497 e. The van der Waals surface area contributed by atoms with Gasteiger partial charge in [0.2, 0.25) is 5.91 Å². The first-order valence-electron chi connectivity index (χ1n) is 7.74. The zero-order valence-electron chi connectivity index (χ0n) is 14.5. The molecule has 0 saturated heterocycles. The summed E-state index contributed by atoms with van der Waals surface area (Å²) in [5.41, 5.74) is 0.859. The Morgan fingerprint density at radius 1 is 1.00 bits per heavy atom. The molecule has 2 aromatic rings. The third-order valence-corrected chi connectivity index (χ3v) is 4.14. The van der Waals surface area contributed by atoms with E-state index in [4.69, 9.17) is 16.3 Å². The molecule has 0 radical (unpaired) electrons. The molecule has 0 aromatic heterocycles. The number of carbonyl (C=O) groups excluding carboxylic acids is 3. The van der Waals surface area contributed by atoms with Crippen LogP contribution in [0.2, 0.25) is 5.02 Å². The number of hydrogen-bond acceptors (Lipinski definition) is 5. The number of rotatable bonds is 6. The first kappa shape index (κ1) is 19.5. The van der Waals surface area contributed by atoms with Gasteiger partial charge in [0.05, 0.1) is 36.4 Å². The third-order valence-electron chi connectivity index (χ3n) is 3.81. The maximum absolute atomic E-state index is 12.5. The second-order valence-corrected chi connectivity index (χ2v) is 5.90. The minimum atomic E-state index is -0.943. The highest BCUT2D eigenvalue weighted by molar-refractivity contribution is 6.34. The topological polar surface area (TPSA) is 81.7 Å². The SMILES string of the molecule is COC(=O)c1ccc(Cl)c(NC(=O)C(C)C(=O)c2ccc(OC)cc2)c1. The lowest BCUT2D eigenvalue weighted by Gasteiger charge is -2.13. The zero-order valence-corrected chi connectivity index (χ0v) is 15.3. The van der Waals surface area contributed by atoms with Crippen molar-refractivity contribution in [3.8, 4) is 5.75 Å². The van der Waals surface area contributed by atoms with Crippen LogP contribution in [0.25, 0.3) is 0 Å². The molecule has 2 rings (SSSR count). The van der Waals surface area contributed by atoms with E-state index in [1.807, 2.05) is 0 Å². The highest BCUT2D eigenvalue weighted by Crippen LogP contribution is 2.24. The summed E-state index contributed by atoms with van der Waals surface area (Å²) in [5.74, 6) is -1.76. The molecule has 2 aromatic carbocycles. The molecule has 1 unspecified atom stereocenters. The number of carbonyl (C=O) groups is 3. The maximum atomic E-state index is 12.5. The van der Waals surface area contributed by atoms with Gasteiger partial charge in [0.25, 0.3) is 0 Å². The maximum Gasteiger partial charge on any atom is 0.337 e. The number of anilines is 1. The number of esters is 1. The summed E-state index contributed by atoms with van der Waals surface area (Å²) in [5, 5.41) is 2.82. The Bertz CT molecular complexity index is 832. The molecule has 1 amide bonds. The van der Waals surface area contributed by atoms with E-state index in [1.165, 1.54) is 39.3 Å². The van der Waals surface area contributed by atoms with Crippen LogP contribution in [0.15, 0.2) is 42.5 Å². The molecule has 0 spiro atoms. The fraction of sp³-hybridized carbons (Fsp3) is 0.211. The van der Waals surface area contributed by atoms with Crippen LogP contribution < -0.4 is 10.1 Å². The molecule has 0 aliphatic rings. The summed E-state index contributed by atoms with van der Waals surface area (Å²) in [6.45, 7) is 1.50. The lowest BCUT2D eigenvalue weighted by Crippen LogP contribution is -2.27. The molecule has 1 atom stereocenters. The van der Waals surface area contributed by atoms with E-state index in [0.717, 1.165) is 0 Å². The second kappa shape index (κ2) is 8.49. The number of nitrogens with one attached hydrogen (secondary N) is 1. The van der Waals surface area contributed by atoms with Crippen molar-refractivity contribution < 1.29 is 23.9 Å². The van der Waals surface area contributed by atoms with Crippen LogP contribution >= 0.6 is 11.6 Å². The molecular formula is C19H18ClNO5. The van der Waals surface area contributed by atoms with Gasteiger partial charge in [-0.05, 0) is 49.4 Å². The van der Waals surface area contributed by atoms with Crippen molar-refractivity contribution in [2.75, 3.05) is 19.5 Å². The molecule has 6 nitrogen and oxygen atoms in total. The van der Waals surface area contributed by atoms with Gasteiger partial charge in [0.15, 0.2) is 5.78 Å². The van der Waals surface area contributed by atoms with Crippen molar-refractivity contribution in [2.24, 2.45) is 5.92 Å². The highest BCUT2D eigenvalue weighted by atomic mass is 35.5. The van der Waals surface area contributed by atoms with Crippen LogP contribution in [0.3, 0.4) is 0 Å². The predicted octanol–water partition coefficient (Wildman–Crippen LogP) is 3.59. The van der Waals surface area contributed by atoms with E-state index >= 15 is 0 Å². The zero-order chi connectivity index (χ0) is 19.3. The second-order valence-electron chi connectivity index (χ2n) is 5.49. The van der Waals surface area contributed by atoms with Gasteiger partial charge in [-0.15, -0.1) is 0 Å². The van der Waals surface area contributed by atoms with Gasteiger partial charge < -0.3 is 14.8 Å². The number of benzene rings is 2. The number of amides is 1. The van der Waals surface area contributed by atoms with Crippen LogP contribution in [-0.2, 0) is 9.53 Å². The number of Topliss-reactive ketones (excluding diaryl/α,β-unsaturated/α-hetero) is 1. The molecule has 136 valence electrons. The molecular weight excluding hydrogens is 358 g/mol. The Morgan fingerprint density at radius 3 is 2.19 bits per heavy atom. The Labute approximate surface area is 156 Å². The Kier molecular flexibility index (Phi) is 6.36. The standard InChI is InChI=1S/C19H18ClNO5/c1-11(17(22)12-4-7-14(25-2)8-5-12)18(23)21-16-10-13(19(24)26-3)6-9-15(16)20/h4-11H,1-3H3,(H,21,23).